The molecule has 0 radical (unpaired) electrons. The lowest BCUT2D eigenvalue weighted by Crippen LogP contribution is -2.39. The fourth-order valence-electron chi connectivity index (χ4n) is 2.40. The number of benzene rings is 1. The first-order valence-electron chi connectivity index (χ1n) is 6.59. The van der Waals surface area contributed by atoms with Gasteiger partial charge in [-0.3, -0.25) is 0 Å². The summed E-state index contributed by atoms with van der Waals surface area (Å²) in [6, 6.07) is 5.00. The van der Waals surface area contributed by atoms with Crippen LogP contribution in [0.3, 0.4) is 0 Å². The molecule has 1 aliphatic rings. The SMILES string of the molecule is CN1CCN(CCCCCO)c2ccc(F)cc21. The van der Waals surface area contributed by atoms with E-state index in [-0.39, 0.29) is 12.4 Å². The summed E-state index contributed by atoms with van der Waals surface area (Å²) < 4.78 is 13.3. The quantitative estimate of drug-likeness (QED) is 0.814. The second-order valence-corrected chi connectivity index (χ2v) is 4.83. The van der Waals surface area contributed by atoms with Crippen molar-refractivity contribution >= 4 is 11.4 Å². The summed E-state index contributed by atoms with van der Waals surface area (Å²) in [4.78, 5) is 4.41. The third-order valence-corrected chi connectivity index (χ3v) is 3.48. The first-order valence-corrected chi connectivity index (χ1v) is 6.59. The van der Waals surface area contributed by atoms with Crippen LogP contribution >= 0.6 is 0 Å². The third kappa shape index (κ3) is 2.93. The van der Waals surface area contributed by atoms with Gasteiger partial charge >= 0.3 is 0 Å². The molecule has 4 heteroatoms. The Bertz CT molecular complexity index is 397. The van der Waals surface area contributed by atoms with Crippen LogP contribution in [-0.2, 0) is 0 Å². The number of rotatable bonds is 5. The van der Waals surface area contributed by atoms with E-state index < -0.39 is 0 Å². The van der Waals surface area contributed by atoms with Gasteiger partial charge < -0.3 is 14.9 Å². The summed E-state index contributed by atoms with van der Waals surface area (Å²) >= 11 is 0. The molecule has 0 unspecified atom stereocenters. The summed E-state index contributed by atoms with van der Waals surface area (Å²) in [6.45, 7) is 3.15. The highest BCUT2D eigenvalue weighted by molar-refractivity contribution is 5.73. The van der Waals surface area contributed by atoms with Gasteiger partial charge in [-0.1, -0.05) is 0 Å². The average molecular weight is 252 g/mol. The van der Waals surface area contributed by atoms with Crippen LogP contribution in [0.25, 0.3) is 0 Å². The maximum Gasteiger partial charge on any atom is 0.125 e. The standard InChI is InChI=1S/C14H21FN2O/c1-16-8-9-17(7-3-2-4-10-18)13-6-5-12(15)11-14(13)16/h5-6,11,18H,2-4,7-10H2,1H3. The number of unbranched alkanes of at least 4 members (excludes halogenated alkanes) is 2. The van der Waals surface area contributed by atoms with Crippen LogP contribution in [0, 0.1) is 5.82 Å². The van der Waals surface area contributed by atoms with Crippen molar-refractivity contribution in [2.24, 2.45) is 0 Å². The molecule has 0 aliphatic carbocycles. The third-order valence-electron chi connectivity index (χ3n) is 3.48. The molecule has 1 aliphatic heterocycles. The Morgan fingerprint density at radius 3 is 2.78 bits per heavy atom. The summed E-state index contributed by atoms with van der Waals surface area (Å²) in [6.07, 6.45) is 2.98. The van der Waals surface area contributed by atoms with Crippen molar-refractivity contribution in [2.75, 3.05) is 43.1 Å². The fraction of sp³-hybridized carbons (Fsp3) is 0.571. The molecule has 0 amide bonds. The molecule has 1 heterocycles. The molecule has 1 N–H and O–H groups in total. The van der Waals surface area contributed by atoms with Crippen molar-refractivity contribution in [3.63, 3.8) is 0 Å². The van der Waals surface area contributed by atoms with Gasteiger partial charge in [-0.05, 0) is 37.5 Å². The number of nitrogens with zero attached hydrogens (tertiary/aromatic N) is 2. The predicted molar refractivity (Wildman–Crippen MR) is 72.8 cm³/mol. The van der Waals surface area contributed by atoms with Crippen LogP contribution in [0.5, 0.6) is 0 Å². The van der Waals surface area contributed by atoms with Crippen molar-refractivity contribution in [3.8, 4) is 0 Å². The predicted octanol–water partition coefficient (Wildman–Crippen LogP) is 2.24. The minimum absolute atomic E-state index is 0.178. The van der Waals surface area contributed by atoms with Gasteiger partial charge in [0.25, 0.3) is 0 Å². The summed E-state index contributed by atoms with van der Waals surface area (Å²) in [5.74, 6) is -0.178. The van der Waals surface area contributed by atoms with Crippen LogP contribution in [-0.4, -0.2) is 38.4 Å². The number of fused-ring (bicyclic) bond motifs is 1. The number of aliphatic hydroxyl groups is 1. The van der Waals surface area contributed by atoms with Gasteiger partial charge in [0.05, 0.1) is 11.4 Å². The molecule has 100 valence electrons. The van der Waals surface area contributed by atoms with Gasteiger partial charge in [-0.2, -0.15) is 0 Å². The highest BCUT2D eigenvalue weighted by Crippen LogP contribution is 2.32. The van der Waals surface area contributed by atoms with E-state index in [2.05, 4.69) is 9.80 Å². The number of likely N-dealkylation sites (N-methyl/N-ethyl adjacent to an activating group) is 1. The van der Waals surface area contributed by atoms with Crippen LogP contribution in [0.4, 0.5) is 15.8 Å². The number of hydrogen-bond acceptors (Lipinski definition) is 3. The minimum Gasteiger partial charge on any atom is -0.396 e. The normalized spacial score (nSPS) is 14.8. The maximum atomic E-state index is 13.3. The van der Waals surface area contributed by atoms with Gasteiger partial charge in [-0.25, -0.2) is 4.39 Å². The zero-order chi connectivity index (χ0) is 13.0. The van der Waals surface area contributed by atoms with E-state index in [0.29, 0.717) is 0 Å². The van der Waals surface area contributed by atoms with Crippen molar-refractivity contribution in [1.29, 1.82) is 0 Å². The van der Waals surface area contributed by atoms with Gasteiger partial charge in [0.1, 0.15) is 5.82 Å². The smallest absolute Gasteiger partial charge is 0.125 e. The zero-order valence-electron chi connectivity index (χ0n) is 10.9. The Balaban J connectivity index is 2.04. The van der Waals surface area contributed by atoms with Crippen molar-refractivity contribution in [3.05, 3.63) is 24.0 Å². The lowest BCUT2D eigenvalue weighted by atomic mass is 10.1. The molecule has 0 saturated carbocycles. The molecule has 0 aromatic heterocycles. The molecule has 0 fully saturated rings. The maximum absolute atomic E-state index is 13.3. The topological polar surface area (TPSA) is 26.7 Å². The minimum atomic E-state index is -0.178. The van der Waals surface area contributed by atoms with Crippen LogP contribution in [0.2, 0.25) is 0 Å². The van der Waals surface area contributed by atoms with Gasteiger partial charge in [0.15, 0.2) is 0 Å². The van der Waals surface area contributed by atoms with Crippen LogP contribution in [0.1, 0.15) is 19.3 Å². The molecule has 0 spiro atoms. The number of anilines is 2. The molecule has 18 heavy (non-hydrogen) atoms. The van der Waals surface area contributed by atoms with E-state index >= 15 is 0 Å². The number of aliphatic hydroxyl groups excluding tert-OH is 1. The van der Waals surface area contributed by atoms with Gasteiger partial charge in [0, 0.05) is 33.3 Å². The number of halogens is 1. The van der Waals surface area contributed by atoms with E-state index in [9.17, 15) is 4.39 Å². The Hall–Kier alpha value is -1.29. The summed E-state index contributed by atoms with van der Waals surface area (Å²) in [5.41, 5.74) is 2.09. The molecule has 1 aromatic carbocycles. The monoisotopic (exact) mass is 252 g/mol. The van der Waals surface area contributed by atoms with E-state index in [1.54, 1.807) is 6.07 Å². The zero-order valence-corrected chi connectivity index (χ0v) is 10.9. The molecule has 0 saturated heterocycles. The van der Waals surface area contributed by atoms with Crippen LogP contribution < -0.4 is 9.80 Å². The fourth-order valence-corrected chi connectivity index (χ4v) is 2.40. The Kier molecular flexibility index (Phi) is 4.42. The van der Waals surface area contributed by atoms with Crippen molar-refractivity contribution < 1.29 is 9.50 Å². The Labute approximate surface area is 108 Å². The van der Waals surface area contributed by atoms with Crippen molar-refractivity contribution in [1.82, 2.24) is 0 Å². The molecule has 2 rings (SSSR count). The molecule has 0 bridgehead atoms. The molecule has 0 atom stereocenters. The summed E-state index contributed by atoms with van der Waals surface area (Å²) in [5, 5.41) is 8.76. The lowest BCUT2D eigenvalue weighted by molar-refractivity contribution is 0.283. The largest absolute Gasteiger partial charge is 0.396 e. The highest BCUT2D eigenvalue weighted by Gasteiger charge is 2.20. The number of hydrogen-bond donors (Lipinski definition) is 1. The first-order chi connectivity index (χ1) is 8.72. The summed E-state index contributed by atoms with van der Waals surface area (Å²) in [7, 11) is 2.00. The van der Waals surface area contributed by atoms with Gasteiger partial charge in [0.2, 0.25) is 0 Å². The van der Waals surface area contributed by atoms with Gasteiger partial charge in [-0.15, -0.1) is 0 Å². The average Bonchev–Trinajstić information content (AvgIpc) is 2.37. The molecular weight excluding hydrogens is 231 g/mol. The van der Waals surface area contributed by atoms with Crippen molar-refractivity contribution in [2.45, 2.75) is 19.3 Å². The van der Waals surface area contributed by atoms with Crippen LogP contribution in [0.15, 0.2) is 18.2 Å². The highest BCUT2D eigenvalue weighted by atomic mass is 19.1. The second kappa shape index (κ2) is 6.05. The Morgan fingerprint density at radius 2 is 2.00 bits per heavy atom. The first kappa shape index (κ1) is 13.1. The molecular formula is C14H21FN2O. The van der Waals surface area contributed by atoms with E-state index in [1.165, 1.54) is 6.07 Å². The lowest BCUT2D eigenvalue weighted by Gasteiger charge is -2.37. The molecule has 1 aromatic rings. The molecule has 3 nitrogen and oxygen atoms in total. The van der Waals surface area contributed by atoms with E-state index in [1.807, 2.05) is 13.1 Å². The van der Waals surface area contributed by atoms with E-state index in [4.69, 9.17) is 5.11 Å². The van der Waals surface area contributed by atoms with E-state index in [0.717, 1.165) is 50.3 Å². The Morgan fingerprint density at radius 1 is 1.17 bits per heavy atom. The second-order valence-electron chi connectivity index (χ2n) is 4.83.